The predicted molar refractivity (Wildman–Crippen MR) is 113 cm³/mol. The summed E-state index contributed by atoms with van der Waals surface area (Å²) in [6.45, 7) is 2.32. The number of amides is 3. The van der Waals surface area contributed by atoms with Crippen molar-refractivity contribution in [3.8, 4) is 5.75 Å². The lowest BCUT2D eigenvalue weighted by atomic mass is 10.1. The molecule has 1 saturated carbocycles. The Morgan fingerprint density at radius 2 is 2.06 bits per heavy atom. The van der Waals surface area contributed by atoms with Gasteiger partial charge in [0.05, 0.1) is 6.61 Å². The number of aromatic nitrogens is 1. The van der Waals surface area contributed by atoms with Gasteiger partial charge in [-0.25, -0.2) is 22.3 Å². The van der Waals surface area contributed by atoms with Crippen LogP contribution in [0.2, 0.25) is 0 Å². The van der Waals surface area contributed by atoms with Crippen LogP contribution in [-0.2, 0) is 27.2 Å². The number of imide groups is 1. The average Bonchev–Trinajstić information content (AvgIpc) is 3.36. The molecule has 4 rings (SSSR count). The fraction of sp³-hybridized carbons (Fsp3) is 0.429. The molecular weight excluding hydrogens is 439 g/mol. The van der Waals surface area contributed by atoms with E-state index in [-0.39, 0.29) is 30.6 Å². The molecule has 1 aliphatic heterocycles. The van der Waals surface area contributed by atoms with Crippen LogP contribution in [0.5, 0.6) is 5.75 Å². The van der Waals surface area contributed by atoms with Crippen LogP contribution >= 0.6 is 0 Å². The highest BCUT2D eigenvalue weighted by Crippen LogP contribution is 2.31. The summed E-state index contributed by atoms with van der Waals surface area (Å²) in [6.07, 6.45) is 5.38. The topological polar surface area (TPSA) is 110 Å². The highest BCUT2D eigenvalue weighted by atomic mass is 32.2. The maximum Gasteiger partial charge on any atom is 0.324 e. The molecule has 1 unspecified atom stereocenters. The number of carbonyl (C=O) groups excluding carboxylic acids is 2. The van der Waals surface area contributed by atoms with Crippen molar-refractivity contribution in [2.45, 2.75) is 38.2 Å². The third-order valence-corrected chi connectivity index (χ3v) is 6.71. The van der Waals surface area contributed by atoms with Crippen molar-refractivity contribution in [3.63, 3.8) is 0 Å². The molecule has 2 fully saturated rings. The second-order valence-corrected chi connectivity index (χ2v) is 9.99. The van der Waals surface area contributed by atoms with E-state index in [2.05, 4.69) is 10.0 Å². The molecule has 1 aromatic carbocycles. The van der Waals surface area contributed by atoms with E-state index in [9.17, 15) is 22.4 Å². The molecular formula is C21H25FN4O5S. The van der Waals surface area contributed by atoms with E-state index in [4.69, 9.17) is 4.74 Å². The van der Waals surface area contributed by atoms with E-state index >= 15 is 0 Å². The summed E-state index contributed by atoms with van der Waals surface area (Å²) in [7, 11) is -3.72. The lowest BCUT2D eigenvalue weighted by Crippen LogP contribution is -2.30. The molecule has 2 heterocycles. The number of urea groups is 1. The molecule has 172 valence electrons. The zero-order chi connectivity index (χ0) is 22.9. The maximum absolute atomic E-state index is 14.0. The molecule has 2 N–H and O–H groups in total. The first kappa shape index (κ1) is 22.3. The lowest BCUT2D eigenvalue weighted by molar-refractivity contribution is -0.118. The summed E-state index contributed by atoms with van der Waals surface area (Å²) >= 11 is 0. The summed E-state index contributed by atoms with van der Waals surface area (Å²) in [4.78, 5) is 24.3. The van der Waals surface area contributed by atoms with Gasteiger partial charge in [-0.05, 0) is 55.0 Å². The standard InChI is InChI=1S/C21H25FN4O5S/c1-14(17-4-5-18(22)19(8-17)31-12-15-2-3-15)24-32(29,30)13-25-7-6-16(9-25)10-26-11-20(27)23-21(26)28/h4-9,14-15,24H,2-3,10-13H2,1H3,(H,23,27,28). The van der Waals surface area contributed by atoms with Crippen molar-refractivity contribution in [1.29, 1.82) is 0 Å². The quantitative estimate of drug-likeness (QED) is 0.524. The fourth-order valence-corrected chi connectivity index (χ4v) is 4.76. The van der Waals surface area contributed by atoms with Gasteiger partial charge in [0.25, 0.3) is 0 Å². The summed E-state index contributed by atoms with van der Waals surface area (Å²) in [5.74, 6) is -0.565. The van der Waals surface area contributed by atoms with E-state index in [1.165, 1.54) is 27.7 Å². The van der Waals surface area contributed by atoms with Crippen LogP contribution in [0.25, 0.3) is 0 Å². The monoisotopic (exact) mass is 464 g/mol. The second-order valence-electron chi connectivity index (χ2n) is 8.27. The van der Waals surface area contributed by atoms with Gasteiger partial charge in [0.15, 0.2) is 11.6 Å². The van der Waals surface area contributed by atoms with Crippen molar-refractivity contribution in [2.75, 3.05) is 13.2 Å². The van der Waals surface area contributed by atoms with Crippen molar-refractivity contribution in [3.05, 3.63) is 53.6 Å². The SMILES string of the molecule is CC(NS(=O)(=O)Cn1ccc(CN2CC(=O)NC2=O)c1)c1ccc(F)c(OCC2CC2)c1. The number of benzene rings is 1. The van der Waals surface area contributed by atoms with Gasteiger partial charge in [-0.15, -0.1) is 0 Å². The Bertz CT molecular complexity index is 1130. The Hall–Kier alpha value is -2.92. The Morgan fingerprint density at radius 1 is 1.28 bits per heavy atom. The molecule has 2 aliphatic rings. The number of rotatable bonds is 10. The van der Waals surface area contributed by atoms with E-state index in [0.29, 0.717) is 23.7 Å². The lowest BCUT2D eigenvalue weighted by Gasteiger charge is -2.17. The van der Waals surface area contributed by atoms with Crippen LogP contribution in [0.15, 0.2) is 36.7 Å². The maximum atomic E-state index is 14.0. The van der Waals surface area contributed by atoms with Gasteiger partial charge in [-0.3, -0.25) is 10.1 Å². The molecule has 2 aromatic rings. The van der Waals surface area contributed by atoms with Crippen LogP contribution in [0.3, 0.4) is 0 Å². The van der Waals surface area contributed by atoms with Crippen LogP contribution in [0.1, 0.15) is 36.9 Å². The van der Waals surface area contributed by atoms with Gasteiger partial charge in [0.1, 0.15) is 12.4 Å². The van der Waals surface area contributed by atoms with Gasteiger partial charge in [0.2, 0.25) is 15.9 Å². The molecule has 1 atom stereocenters. The zero-order valence-corrected chi connectivity index (χ0v) is 18.4. The molecule has 1 aromatic heterocycles. The second kappa shape index (κ2) is 8.91. The molecule has 3 amide bonds. The van der Waals surface area contributed by atoms with Crippen LogP contribution in [0, 0.1) is 11.7 Å². The Kier molecular flexibility index (Phi) is 6.20. The summed E-state index contributed by atoms with van der Waals surface area (Å²) in [5, 5.41) is 2.20. The number of nitrogens with one attached hydrogen (secondary N) is 2. The first-order valence-corrected chi connectivity index (χ1v) is 12.0. The molecule has 0 radical (unpaired) electrons. The molecule has 0 bridgehead atoms. The molecule has 1 aliphatic carbocycles. The fourth-order valence-electron chi connectivity index (χ4n) is 3.46. The number of nitrogens with zero attached hydrogens (tertiary/aromatic N) is 2. The normalized spacial score (nSPS) is 17.5. The van der Waals surface area contributed by atoms with Crippen molar-refractivity contribution in [2.24, 2.45) is 5.92 Å². The van der Waals surface area contributed by atoms with Crippen molar-refractivity contribution < 1.29 is 27.1 Å². The summed E-state index contributed by atoms with van der Waals surface area (Å²) in [5.41, 5.74) is 1.30. The smallest absolute Gasteiger partial charge is 0.324 e. The largest absolute Gasteiger partial charge is 0.490 e. The van der Waals surface area contributed by atoms with Crippen LogP contribution in [-0.4, -0.2) is 43.0 Å². The first-order chi connectivity index (χ1) is 15.2. The molecule has 32 heavy (non-hydrogen) atoms. The summed E-state index contributed by atoms with van der Waals surface area (Å²) in [6, 6.07) is 4.98. The zero-order valence-electron chi connectivity index (χ0n) is 17.6. The highest BCUT2D eigenvalue weighted by molar-refractivity contribution is 7.88. The number of ether oxygens (including phenoxy) is 1. The molecule has 9 nitrogen and oxygen atoms in total. The van der Waals surface area contributed by atoms with Crippen molar-refractivity contribution in [1.82, 2.24) is 19.5 Å². The summed E-state index contributed by atoms with van der Waals surface area (Å²) < 4.78 is 48.9. The van der Waals surface area contributed by atoms with Gasteiger partial charge in [-0.1, -0.05) is 6.07 Å². The Morgan fingerprint density at radius 3 is 2.75 bits per heavy atom. The number of halogens is 1. The van der Waals surface area contributed by atoms with Crippen molar-refractivity contribution >= 4 is 22.0 Å². The van der Waals surface area contributed by atoms with Gasteiger partial charge < -0.3 is 14.2 Å². The van der Waals surface area contributed by atoms with E-state index in [0.717, 1.165) is 12.8 Å². The van der Waals surface area contributed by atoms with Crippen LogP contribution in [0.4, 0.5) is 9.18 Å². The third-order valence-electron chi connectivity index (χ3n) is 5.36. The van der Waals surface area contributed by atoms with Gasteiger partial charge >= 0.3 is 6.03 Å². The van der Waals surface area contributed by atoms with Crippen LogP contribution < -0.4 is 14.8 Å². The highest BCUT2D eigenvalue weighted by Gasteiger charge is 2.27. The Labute approximate surface area is 185 Å². The molecule has 11 heteroatoms. The third kappa shape index (κ3) is 5.65. The Balaban J connectivity index is 1.36. The minimum atomic E-state index is -3.72. The first-order valence-electron chi connectivity index (χ1n) is 10.3. The number of hydrogen-bond donors (Lipinski definition) is 2. The van der Waals surface area contributed by atoms with E-state index in [1.807, 2.05) is 0 Å². The van der Waals surface area contributed by atoms with E-state index < -0.39 is 27.9 Å². The average molecular weight is 465 g/mol. The van der Waals surface area contributed by atoms with Gasteiger partial charge in [-0.2, -0.15) is 0 Å². The number of sulfonamides is 1. The van der Waals surface area contributed by atoms with E-state index in [1.54, 1.807) is 25.4 Å². The molecule has 0 spiro atoms. The number of hydrogen-bond acceptors (Lipinski definition) is 5. The van der Waals surface area contributed by atoms with Gasteiger partial charge in [0, 0.05) is 25.0 Å². The minimum absolute atomic E-state index is 0.0224. The predicted octanol–water partition coefficient (Wildman–Crippen LogP) is 2.11. The molecule has 1 saturated heterocycles. The minimum Gasteiger partial charge on any atom is -0.490 e. The number of carbonyl (C=O) groups is 2.